The number of nitrogens with one attached hydrogen (secondary N) is 3. The van der Waals surface area contributed by atoms with Crippen LogP contribution in [0.1, 0.15) is 163 Å². The van der Waals surface area contributed by atoms with Gasteiger partial charge in [0.05, 0.1) is 54.4 Å². The van der Waals surface area contributed by atoms with Gasteiger partial charge in [-0.25, -0.2) is 39.7 Å². The summed E-state index contributed by atoms with van der Waals surface area (Å²) in [5.41, 5.74) is 8.27. The normalized spacial score (nSPS) is 21.0. The van der Waals surface area contributed by atoms with E-state index in [1.807, 2.05) is 6.92 Å². The van der Waals surface area contributed by atoms with E-state index in [0.29, 0.717) is 95.8 Å². The number of nitrogens with zero attached hydrogens (tertiary/aromatic N) is 8. The van der Waals surface area contributed by atoms with Crippen molar-refractivity contribution < 1.29 is 62.8 Å². The second kappa shape index (κ2) is 29.9. The summed E-state index contributed by atoms with van der Waals surface area (Å²) < 4.78 is 16.1. The van der Waals surface area contributed by atoms with Crippen LogP contribution in [-0.2, 0) is 35.1 Å². The van der Waals surface area contributed by atoms with E-state index < -0.39 is 89.6 Å². The van der Waals surface area contributed by atoms with Gasteiger partial charge in [0.1, 0.15) is 82.3 Å². The molecule has 0 spiro atoms. The highest BCUT2D eigenvalue weighted by Crippen LogP contribution is 2.44. The molecule has 25 nitrogen and oxygen atoms in total. The van der Waals surface area contributed by atoms with Gasteiger partial charge < -0.3 is 51.0 Å². The third kappa shape index (κ3) is 16.0. The summed E-state index contributed by atoms with van der Waals surface area (Å²) in [7, 11) is 1.37. The predicted octanol–water partition coefficient (Wildman–Crippen LogP) is 9.65. The Labute approximate surface area is 591 Å². The fourth-order valence-electron chi connectivity index (χ4n) is 12.1. The maximum absolute atomic E-state index is 15.5. The Hall–Kier alpha value is -8.95. The molecule has 10 bridgehead atoms. The number of esters is 2. The number of fused-ring (bicyclic) bond motifs is 16. The Bertz CT molecular complexity index is 4510. The molecule has 0 radical (unpaired) electrons. The first-order chi connectivity index (χ1) is 47.4. The first-order valence-corrected chi connectivity index (χ1v) is 36.9. The number of aryl methyl sites for hydroxylation is 1. The number of hydrogen-bond donors (Lipinski definition) is 6. The van der Waals surface area contributed by atoms with E-state index >= 15 is 4.79 Å². The molecule has 5 amide bonds. The molecular formula is C68H68N12O13S6. The molecule has 31 heteroatoms. The number of benzene rings is 2. The summed E-state index contributed by atoms with van der Waals surface area (Å²) in [6, 6.07) is 15.5. The number of aliphatic hydroxyl groups is 2. The summed E-state index contributed by atoms with van der Waals surface area (Å²) in [6.45, 7) is 8.28. The van der Waals surface area contributed by atoms with Gasteiger partial charge in [-0.2, -0.15) is 0 Å². The van der Waals surface area contributed by atoms with Crippen molar-refractivity contribution in [3.05, 3.63) is 147 Å². The number of Topliss-reactive ketones (excluding diaryl/α,β-unsaturated/α-hetero) is 1. The number of carbonyl (C=O) groups excluding carboxylic acids is 8. The van der Waals surface area contributed by atoms with Crippen molar-refractivity contribution in [1.82, 2.24) is 55.7 Å². The zero-order valence-electron chi connectivity index (χ0n) is 54.3. The molecule has 2 aliphatic heterocycles. The standard InChI is InChI=1S/C68H68N12O13S6/c1-32-50(82)25-80-55(32)65-78-48(31-98-65)63-74-44(27-96-63)54-39(20-21-41(71-54)62-77-45(30-97-62)57(86)70-37-16-14-36(15-17-37)67(90)91-6)60-75-46(28-94-60)58(87)72-42(24-51(69)83)64-79-53(33(2)99-64)49(81)23-40(56(85)35-10-8-7-9-11-35)61-76-47(29-95-61)59(88)73-43(66(80)89)22-34-12-18-38(19-13-34)92-26-52(84)93-68(3,4)5/h7-13,18-21,27-32,36-37,40,42-43,50,55-56,82,85H,14-17,22-26H2,1-6H3,(H2,69,83)(H,70,86)(H,72,87)(H,73,88)/t32-,36?,37?,40-,42-,43-,50-,55-,56+/m0/s1. The molecule has 7 atom stereocenters. The topological polar surface area (TPSA) is 360 Å². The molecule has 2 aromatic carbocycles. The third-order valence-corrected chi connectivity index (χ3v) is 22.7. The number of aromatic nitrogens is 7. The maximum Gasteiger partial charge on any atom is 0.344 e. The molecule has 12 rings (SSSR count). The van der Waals surface area contributed by atoms with E-state index in [-0.39, 0.29) is 82.6 Å². The first-order valence-electron chi connectivity index (χ1n) is 31.7. The highest BCUT2D eigenvalue weighted by atomic mass is 32.1. The molecule has 9 heterocycles. The second-order valence-electron chi connectivity index (χ2n) is 25.2. The number of hydrogen-bond acceptors (Lipinski definition) is 26. The van der Waals surface area contributed by atoms with Crippen molar-refractivity contribution in [2.45, 2.75) is 127 Å². The van der Waals surface area contributed by atoms with Crippen molar-refractivity contribution in [1.29, 1.82) is 0 Å². The number of thiazole rings is 6. The van der Waals surface area contributed by atoms with Crippen LogP contribution in [0.25, 0.3) is 43.4 Å². The zero-order valence-corrected chi connectivity index (χ0v) is 59.2. The largest absolute Gasteiger partial charge is 0.482 e. The van der Waals surface area contributed by atoms with E-state index in [4.69, 9.17) is 54.8 Å². The molecule has 514 valence electrons. The fraction of sp³-hybridized carbons (Fsp3) is 0.368. The molecule has 3 aliphatic rings. The molecular weight excluding hydrogens is 1390 g/mol. The Morgan fingerprint density at radius 1 is 0.717 bits per heavy atom. The van der Waals surface area contributed by atoms with E-state index in [0.717, 1.165) is 34.0 Å². The quantitative estimate of drug-likeness (QED) is 0.0585. The van der Waals surface area contributed by atoms with Crippen LogP contribution in [0.2, 0.25) is 0 Å². The molecule has 7 N–H and O–H groups in total. The number of primary amides is 1. The molecule has 2 fully saturated rings. The summed E-state index contributed by atoms with van der Waals surface area (Å²) in [6.07, 6.45) is -0.767. The minimum Gasteiger partial charge on any atom is -0.482 e. The van der Waals surface area contributed by atoms with Crippen LogP contribution in [0.3, 0.4) is 0 Å². The minimum absolute atomic E-state index is 0.0117. The number of ketones is 1. The van der Waals surface area contributed by atoms with Crippen LogP contribution >= 0.6 is 68.0 Å². The van der Waals surface area contributed by atoms with Crippen LogP contribution < -0.4 is 26.4 Å². The van der Waals surface area contributed by atoms with Crippen molar-refractivity contribution in [2.24, 2.45) is 17.6 Å². The molecule has 1 saturated heterocycles. The van der Waals surface area contributed by atoms with Crippen LogP contribution in [0.4, 0.5) is 0 Å². The van der Waals surface area contributed by atoms with Gasteiger partial charge in [0.15, 0.2) is 12.4 Å². The van der Waals surface area contributed by atoms with Crippen LogP contribution in [-0.4, -0.2) is 141 Å². The number of carbonyl (C=O) groups is 8. The van der Waals surface area contributed by atoms with Gasteiger partial charge in [-0.3, -0.25) is 33.6 Å². The van der Waals surface area contributed by atoms with Gasteiger partial charge in [0.2, 0.25) is 11.8 Å². The van der Waals surface area contributed by atoms with E-state index in [1.54, 1.807) is 116 Å². The number of methoxy groups -OCH3 is 1. The van der Waals surface area contributed by atoms with Crippen molar-refractivity contribution in [3.63, 3.8) is 0 Å². The maximum atomic E-state index is 15.5. The zero-order chi connectivity index (χ0) is 70.0. The van der Waals surface area contributed by atoms with Gasteiger partial charge in [-0.1, -0.05) is 49.4 Å². The number of ether oxygens (including phenoxy) is 3. The summed E-state index contributed by atoms with van der Waals surface area (Å²) in [5, 5.41) is 43.2. The predicted molar refractivity (Wildman–Crippen MR) is 372 cm³/mol. The Balaban J connectivity index is 0.915. The SMILES string of the molecule is COC(=O)C1CCC(NC(=O)c2csc(-c3ccc4c(n3)-c3csc(n3)-c3csc(n3)[C@@H]3[C@@H](C)[C@@H](O)CN3C(=O)[C@H](Cc3ccc(OCC(=O)OC(C)(C)C)cc3)NC(=O)c3csc(n3)[C@H]([C@H](O)c3ccccc3)CC(=O)c3nc(sc3C)[C@H](CC(N)=O)NC(=O)c3csc-4n3)n2)CC1. The molecule has 1 aliphatic carbocycles. The van der Waals surface area contributed by atoms with Gasteiger partial charge >= 0.3 is 11.9 Å². The average molecular weight is 1450 g/mol. The number of aliphatic hydroxyl groups excluding tert-OH is 2. The first kappa shape index (κ1) is 69.9. The molecule has 7 aromatic heterocycles. The van der Waals surface area contributed by atoms with E-state index in [9.17, 15) is 43.8 Å². The summed E-state index contributed by atoms with van der Waals surface area (Å²) >= 11 is 7.02. The van der Waals surface area contributed by atoms with Crippen LogP contribution in [0, 0.1) is 18.8 Å². The van der Waals surface area contributed by atoms with Gasteiger partial charge in [0, 0.05) is 74.6 Å². The minimum atomic E-state index is -1.32. The molecule has 0 unspecified atom stereocenters. The Morgan fingerprint density at radius 2 is 1.36 bits per heavy atom. The van der Waals surface area contributed by atoms with Crippen molar-refractivity contribution >= 4 is 115 Å². The lowest BCUT2D eigenvalue weighted by Crippen LogP contribution is -2.50. The van der Waals surface area contributed by atoms with Crippen LogP contribution in [0.15, 0.2) is 93.6 Å². The van der Waals surface area contributed by atoms with Gasteiger partial charge in [-0.05, 0) is 88.8 Å². The third-order valence-electron chi connectivity index (χ3n) is 17.1. The lowest BCUT2D eigenvalue weighted by molar-refractivity contribution is -0.157. The van der Waals surface area contributed by atoms with Crippen molar-refractivity contribution in [2.75, 3.05) is 20.3 Å². The number of rotatable bonds is 13. The molecule has 99 heavy (non-hydrogen) atoms. The molecule has 9 aromatic rings. The fourth-order valence-corrected chi connectivity index (χ4v) is 17.4. The van der Waals surface area contributed by atoms with Crippen LogP contribution in [0.5, 0.6) is 5.75 Å². The highest BCUT2D eigenvalue weighted by molar-refractivity contribution is 7.15. The summed E-state index contributed by atoms with van der Waals surface area (Å²) in [4.78, 5) is 147. The monoisotopic (exact) mass is 1450 g/mol. The Morgan fingerprint density at radius 3 is 2.09 bits per heavy atom. The average Bonchev–Trinajstić information content (AvgIpc) is 1.64. The number of amides is 5. The summed E-state index contributed by atoms with van der Waals surface area (Å²) in [5.74, 6) is -5.89. The highest BCUT2D eigenvalue weighted by Gasteiger charge is 2.46. The van der Waals surface area contributed by atoms with Gasteiger partial charge in [0.25, 0.3) is 17.7 Å². The van der Waals surface area contributed by atoms with E-state index in [1.165, 1.54) is 51.4 Å². The van der Waals surface area contributed by atoms with Gasteiger partial charge in [-0.15, -0.1) is 68.0 Å². The lowest BCUT2D eigenvalue weighted by atomic mass is 9.86. The Kier molecular flexibility index (Phi) is 21.1. The smallest absolute Gasteiger partial charge is 0.344 e. The number of pyridine rings is 1. The molecule has 1 saturated carbocycles. The second-order valence-corrected chi connectivity index (χ2v) is 30.8. The number of nitrogens with two attached hydrogens (primary N) is 1. The van der Waals surface area contributed by atoms with E-state index in [2.05, 4.69) is 16.0 Å². The van der Waals surface area contributed by atoms with Crippen molar-refractivity contribution in [3.8, 4) is 49.1 Å². The lowest BCUT2D eigenvalue weighted by Gasteiger charge is -2.29.